The summed E-state index contributed by atoms with van der Waals surface area (Å²) < 4.78 is 18.0. The molecule has 0 aliphatic rings. The molecule has 0 radical (unpaired) electrons. The van der Waals surface area contributed by atoms with E-state index in [1.807, 2.05) is 16.8 Å². The van der Waals surface area contributed by atoms with Crippen LogP contribution in [0.1, 0.15) is 0 Å². The summed E-state index contributed by atoms with van der Waals surface area (Å²) in [5.41, 5.74) is 8.91. The number of nitrogens with zero attached hydrogens (tertiary/aromatic N) is 1. The molecular weight excluding hydrogens is 251 g/mol. The molecule has 0 aliphatic carbocycles. The summed E-state index contributed by atoms with van der Waals surface area (Å²) in [6, 6.07) is 8.04. The molecule has 0 saturated heterocycles. The van der Waals surface area contributed by atoms with Crippen molar-refractivity contribution in [2.24, 2.45) is 0 Å². The minimum atomic E-state index is -0.286. The zero-order valence-electron chi connectivity index (χ0n) is 9.26. The minimum Gasteiger partial charge on any atom is -0.367 e. The van der Waals surface area contributed by atoms with Gasteiger partial charge in [0.2, 0.25) is 5.88 Å². The topological polar surface area (TPSA) is 52.0 Å². The lowest BCUT2D eigenvalue weighted by Gasteiger charge is -2.01. The van der Waals surface area contributed by atoms with Crippen molar-refractivity contribution in [2.45, 2.75) is 0 Å². The van der Waals surface area contributed by atoms with Gasteiger partial charge in [0, 0.05) is 10.9 Å². The van der Waals surface area contributed by atoms with Crippen LogP contribution in [0, 0.1) is 5.82 Å². The van der Waals surface area contributed by atoms with E-state index in [-0.39, 0.29) is 11.7 Å². The number of thiophene rings is 1. The lowest BCUT2D eigenvalue weighted by atomic mass is 10.0. The molecule has 2 heterocycles. The Morgan fingerprint density at radius 1 is 1.11 bits per heavy atom. The van der Waals surface area contributed by atoms with E-state index in [2.05, 4.69) is 5.16 Å². The second-order valence-corrected chi connectivity index (χ2v) is 4.57. The molecule has 2 N–H and O–H groups in total. The second-order valence-electron chi connectivity index (χ2n) is 3.79. The highest BCUT2D eigenvalue weighted by molar-refractivity contribution is 7.08. The average Bonchev–Trinajstić information content (AvgIpc) is 2.99. The predicted molar refractivity (Wildman–Crippen MR) is 69.6 cm³/mol. The number of benzene rings is 1. The summed E-state index contributed by atoms with van der Waals surface area (Å²) in [7, 11) is 0. The van der Waals surface area contributed by atoms with Crippen LogP contribution in [0.5, 0.6) is 0 Å². The standard InChI is InChI=1S/C13H9FN2OS/c14-10-3-1-8(2-4-10)11-12(16-17-13(11)15)9-5-6-18-7-9/h1-7H,15H2. The molecule has 3 rings (SSSR count). The average molecular weight is 260 g/mol. The largest absolute Gasteiger partial charge is 0.367 e. The van der Waals surface area contributed by atoms with Crippen LogP contribution in [-0.2, 0) is 0 Å². The van der Waals surface area contributed by atoms with Crippen molar-refractivity contribution in [1.29, 1.82) is 0 Å². The van der Waals surface area contributed by atoms with E-state index in [0.717, 1.165) is 11.1 Å². The first-order valence-electron chi connectivity index (χ1n) is 5.29. The van der Waals surface area contributed by atoms with Crippen molar-refractivity contribution in [3.05, 3.63) is 46.9 Å². The number of anilines is 1. The molecule has 0 fully saturated rings. The summed E-state index contributed by atoms with van der Waals surface area (Å²) in [5.74, 6) is -0.0475. The number of rotatable bonds is 2. The van der Waals surface area contributed by atoms with Gasteiger partial charge in [0.05, 0.1) is 5.56 Å². The van der Waals surface area contributed by atoms with Crippen LogP contribution in [0.25, 0.3) is 22.4 Å². The molecule has 0 saturated carbocycles. The highest BCUT2D eigenvalue weighted by atomic mass is 32.1. The predicted octanol–water partition coefficient (Wildman–Crippen LogP) is 3.79. The maximum absolute atomic E-state index is 12.9. The molecule has 0 aliphatic heterocycles. The van der Waals surface area contributed by atoms with Gasteiger partial charge in [0.25, 0.3) is 0 Å². The van der Waals surface area contributed by atoms with Crippen LogP contribution in [0.15, 0.2) is 45.6 Å². The first-order valence-corrected chi connectivity index (χ1v) is 6.23. The Bertz CT molecular complexity index is 659. The third-order valence-electron chi connectivity index (χ3n) is 2.65. The van der Waals surface area contributed by atoms with Crippen molar-refractivity contribution in [3.63, 3.8) is 0 Å². The third kappa shape index (κ3) is 1.78. The van der Waals surface area contributed by atoms with Crippen LogP contribution in [0.4, 0.5) is 10.3 Å². The van der Waals surface area contributed by atoms with E-state index < -0.39 is 0 Å². The van der Waals surface area contributed by atoms with Crippen LogP contribution >= 0.6 is 11.3 Å². The summed E-state index contributed by atoms with van der Waals surface area (Å²) in [4.78, 5) is 0. The number of aromatic nitrogens is 1. The van der Waals surface area contributed by atoms with Crippen molar-refractivity contribution >= 4 is 17.2 Å². The Balaban J connectivity index is 2.17. The molecule has 1 aromatic carbocycles. The van der Waals surface area contributed by atoms with Crippen LogP contribution in [-0.4, -0.2) is 5.16 Å². The van der Waals surface area contributed by atoms with Crippen LogP contribution in [0.2, 0.25) is 0 Å². The monoisotopic (exact) mass is 260 g/mol. The maximum Gasteiger partial charge on any atom is 0.230 e. The van der Waals surface area contributed by atoms with E-state index in [0.29, 0.717) is 11.3 Å². The molecule has 0 amide bonds. The van der Waals surface area contributed by atoms with Gasteiger partial charge in [-0.05, 0) is 29.1 Å². The summed E-state index contributed by atoms with van der Waals surface area (Å²) in [6.07, 6.45) is 0. The molecule has 0 spiro atoms. The number of nitrogen functional groups attached to an aromatic ring is 1. The Kier molecular flexibility index (Phi) is 2.60. The SMILES string of the molecule is Nc1onc(-c2ccsc2)c1-c1ccc(F)cc1. The molecule has 0 atom stereocenters. The van der Waals surface area contributed by atoms with Gasteiger partial charge >= 0.3 is 0 Å². The van der Waals surface area contributed by atoms with Gasteiger partial charge in [-0.25, -0.2) is 4.39 Å². The summed E-state index contributed by atoms with van der Waals surface area (Å²) >= 11 is 1.57. The molecule has 0 unspecified atom stereocenters. The molecule has 3 aromatic rings. The van der Waals surface area contributed by atoms with Gasteiger partial charge < -0.3 is 10.3 Å². The molecular formula is C13H9FN2OS. The van der Waals surface area contributed by atoms with E-state index >= 15 is 0 Å². The van der Waals surface area contributed by atoms with Crippen molar-refractivity contribution < 1.29 is 8.91 Å². The number of nitrogens with two attached hydrogens (primary N) is 1. The molecule has 0 bridgehead atoms. The fourth-order valence-electron chi connectivity index (χ4n) is 1.79. The van der Waals surface area contributed by atoms with Crippen molar-refractivity contribution in [1.82, 2.24) is 5.16 Å². The Labute approximate surface area is 107 Å². The Morgan fingerprint density at radius 2 is 1.89 bits per heavy atom. The molecule has 18 heavy (non-hydrogen) atoms. The molecule has 5 heteroatoms. The highest BCUT2D eigenvalue weighted by Gasteiger charge is 2.17. The third-order valence-corrected chi connectivity index (χ3v) is 3.33. The van der Waals surface area contributed by atoms with Crippen LogP contribution in [0.3, 0.4) is 0 Å². The first-order chi connectivity index (χ1) is 8.75. The number of halogens is 1. The lowest BCUT2D eigenvalue weighted by molar-refractivity contribution is 0.439. The first kappa shape index (κ1) is 11.0. The van der Waals surface area contributed by atoms with Gasteiger partial charge in [-0.2, -0.15) is 11.3 Å². The zero-order chi connectivity index (χ0) is 12.5. The Hall–Kier alpha value is -2.14. The van der Waals surface area contributed by atoms with Gasteiger partial charge in [-0.15, -0.1) is 0 Å². The summed E-state index contributed by atoms with van der Waals surface area (Å²) in [6.45, 7) is 0. The number of hydrogen-bond acceptors (Lipinski definition) is 4. The van der Waals surface area contributed by atoms with E-state index in [1.165, 1.54) is 12.1 Å². The molecule has 90 valence electrons. The quantitative estimate of drug-likeness (QED) is 0.762. The van der Waals surface area contributed by atoms with Gasteiger partial charge in [-0.3, -0.25) is 0 Å². The lowest BCUT2D eigenvalue weighted by Crippen LogP contribution is -1.87. The van der Waals surface area contributed by atoms with E-state index in [4.69, 9.17) is 10.3 Å². The normalized spacial score (nSPS) is 10.7. The number of hydrogen-bond donors (Lipinski definition) is 1. The fraction of sp³-hybridized carbons (Fsp3) is 0. The molecule has 2 aromatic heterocycles. The smallest absolute Gasteiger partial charge is 0.230 e. The van der Waals surface area contributed by atoms with Crippen molar-refractivity contribution in [2.75, 3.05) is 5.73 Å². The van der Waals surface area contributed by atoms with Gasteiger partial charge in [0.1, 0.15) is 11.5 Å². The van der Waals surface area contributed by atoms with Gasteiger partial charge in [-0.1, -0.05) is 17.3 Å². The second kappa shape index (κ2) is 4.27. The fourth-order valence-corrected chi connectivity index (χ4v) is 2.44. The maximum atomic E-state index is 12.9. The van der Waals surface area contributed by atoms with E-state index in [9.17, 15) is 4.39 Å². The highest BCUT2D eigenvalue weighted by Crippen LogP contribution is 2.36. The minimum absolute atomic E-state index is 0.239. The zero-order valence-corrected chi connectivity index (χ0v) is 10.1. The van der Waals surface area contributed by atoms with Crippen LogP contribution < -0.4 is 5.73 Å². The van der Waals surface area contributed by atoms with Gasteiger partial charge in [0.15, 0.2) is 0 Å². The van der Waals surface area contributed by atoms with E-state index in [1.54, 1.807) is 23.5 Å². The summed E-state index contributed by atoms with van der Waals surface area (Å²) in [5, 5.41) is 7.89. The van der Waals surface area contributed by atoms with Crippen molar-refractivity contribution in [3.8, 4) is 22.4 Å². The Morgan fingerprint density at radius 3 is 2.56 bits per heavy atom. The molecule has 3 nitrogen and oxygen atoms in total.